The number of ether oxygens (including phenoxy) is 1. The second-order valence-electron chi connectivity index (χ2n) is 6.42. The zero-order chi connectivity index (χ0) is 18.3. The molecule has 0 bridgehead atoms. The van der Waals surface area contributed by atoms with Gasteiger partial charge >= 0.3 is 0 Å². The van der Waals surface area contributed by atoms with Crippen LogP contribution in [0.25, 0.3) is 11.0 Å². The number of nitrogens with zero attached hydrogens (tertiary/aromatic N) is 3. The van der Waals surface area contributed by atoms with Crippen LogP contribution < -0.4 is 9.64 Å². The molecule has 0 N–H and O–H groups in total. The summed E-state index contributed by atoms with van der Waals surface area (Å²) in [5, 5.41) is 0.581. The summed E-state index contributed by atoms with van der Waals surface area (Å²) >= 11 is 6.14. The molecule has 0 radical (unpaired) electrons. The Morgan fingerprint density at radius 2 is 2.08 bits per heavy atom. The number of carbonyl (C=O) groups is 1. The average Bonchev–Trinajstić information content (AvgIpc) is 3.21. The number of aryl methyl sites for hydroxylation is 1. The second kappa shape index (κ2) is 6.65. The maximum absolute atomic E-state index is 12.7. The highest BCUT2D eigenvalue weighted by atomic mass is 35.5. The van der Waals surface area contributed by atoms with E-state index < -0.39 is 0 Å². The molecule has 6 heteroatoms. The van der Waals surface area contributed by atoms with Crippen molar-refractivity contribution in [3.8, 4) is 5.75 Å². The molecular formula is C20H20ClN3O2. The molecule has 1 aliphatic rings. The second-order valence-corrected chi connectivity index (χ2v) is 6.86. The van der Waals surface area contributed by atoms with Crippen molar-refractivity contribution < 1.29 is 9.53 Å². The summed E-state index contributed by atoms with van der Waals surface area (Å²) in [5.41, 5.74) is 2.79. The van der Waals surface area contributed by atoms with Gasteiger partial charge in [-0.1, -0.05) is 23.7 Å². The van der Waals surface area contributed by atoms with Crippen molar-refractivity contribution in [1.29, 1.82) is 0 Å². The summed E-state index contributed by atoms with van der Waals surface area (Å²) in [6.07, 6.45) is 0.430. The molecule has 0 unspecified atom stereocenters. The molecule has 2 heterocycles. The maximum atomic E-state index is 12.7. The van der Waals surface area contributed by atoms with Crippen molar-refractivity contribution in [2.75, 3.05) is 18.6 Å². The van der Waals surface area contributed by atoms with Gasteiger partial charge in [0.1, 0.15) is 11.6 Å². The van der Waals surface area contributed by atoms with Crippen molar-refractivity contribution in [2.24, 2.45) is 0 Å². The molecule has 3 aromatic rings. The normalized spacial score (nSPS) is 17.3. The molecule has 26 heavy (non-hydrogen) atoms. The standard InChI is InChI=1S/C20H20ClN3O2/c1-3-23-16-7-5-4-6-15(16)22-20(23)13-10-19(25)24(12-13)17-11-14(21)8-9-18(17)26-2/h4-9,11,13H,3,10,12H2,1-2H3/t13-/m1/s1. The lowest BCUT2D eigenvalue weighted by Gasteiger charge is -2.20. The van der Waals surface area contributed by atoms with Crippen LogP contribution in [-0.2, 0) is 11.3 Å². The van der Waals surface area contributed by atoms with E-state index in [1.807, 2.05) is 18.2 Å². The number of benzene rings is 2. The number of para-hydroxylation sites is 2. The number of carbonyl (C=O) groups excluding carboxylic acids is 1. The third-order valence-electron chi connectivity index (χ3n) is 4.92. The van der Waals surface area contributed by atoms with E-state index >= 15 is 0 Å². The number of hydrogen-bond donors (Lipinski definition) is 0. The lowest BCUT2D eigenvalue weighted by Crippen LogP contribution is -2.25. The number of imidazole rings is 1. The van der Waals surface area contributed by atoms with Gasteiger partial charge in [0, 0.05) is 30.5 Å². The lowest BCUT2D eigenvalue weighted by molar-refractivity contribution is -0.117. The Labute approximate surface area is 157 Å². The number of halogens is 1. The SMILES string of the molecule is CCn1c([C@@H]2CC(=O)N(c3cc(Cl)ccc3OC)C2)nc2ccccc21. The zero-order valence-corrected chi connectivity index (χ0v) is 15.5. The molecule has 2 aromatic carbocycles. The van der Waals surface area contributed by atoms with Crippen LogP contribution in [0.2, 0.25) is 5.02 Å². The van der Waals surface area contributed by atoms with Crippen molar-refractivity contribution in [3.63, 3.8) is 0 Å². The molecule has 0 saturated carbocycles. The molecule has 4 rings (SSSR count). The fourth-order valence-electron chi connectivity index (χ4n) is 3.73. The van der Waals surface area contributed by atoms with Crippen molar-refractivity contribution in [1.82, 2.24) is 9.55 Å². The van der Waals surface area contributed by atoms with E-state index in [0.29, 0.717) is 29.4 Å². The highest BCUT2D eigenvalue weighted by molar-refractivity contribution is 6.31. The number of anilines is 1. The first-order valence-corrected chi connectivity index (χ1v) is 9.09. The summed E-state index contributed by atoms with van der Waals surface area (Å²) in [6.45, 7) is 3.49. The van der Waals surface area contributed by atoms with E-state index in [1.54, 1.807) is 30.2 Å². The minimum absolute atomic E-state index is 0.0403. The minimum Gasteiger partial charge on any atom is -0.495 e. The van der Waals surface area contributed by atoms with Gasteiger partial charge in [0.05, 0.1) is 23.8 Å². The van der Waals surface area contributed by atoms with E-state index in [1.165, 1.54) is 0 Å². The van der Waals surface area contributed by atoms with Gasteiger partial charge in [0.2, 0.25) is 5.91 Å². The number of rotatable bonds is 4. The van der Waals surface area contributed by atoms with Crippen LogP contribution in [0.15, 0.2) is 42.5 Å². The Morgan fingerprint density at radius 1 is 1.27 bits per heavy atom. The summed E-state index contributed by atoms with van der Waals surface area (Å²) in [7, 11) is 1.60. The van der Waals surface area contributed by atoms with Gasteiger partial charge < -0.3 is 14.2 Å². The highest BCUT2D eigenvalue weighted by Gasteiger charge is 2.35. The third-order valence-corrected chi connectivity index (χ3v) is 5.16. The molecule has 0 aliphatic carbocycles. The van der Waals surface area contributed by atoms with E-state index in [9.17, 15) is 4.79 Å². The first-order valence-electron chi connectivity index (χ1n) is 8.71. The van der Waals surface area contributed by atoms with Gasteiger partial charge in [-0.05, 0) is 37.3 Å². The van der Waals surface area contributed by atoms with Crippen LogP contribution in [0, 0.1) is 0 Å². The molecule has 1 aliphatic heterocycles. The maximum Gasteiger partial charge on any atom is 0.227 e. The molecule has 1 aromatic heterocycles. The first kappa shape index (κ1) is 16.9. The third kappa shape index (κ3) is 2.72. The van der Waals surface area contributed by atoms with Crippen LogP contribution in [0.3, 0.4) is 0 Å². The quantitative estimate of drug-likeness (QED) is 0.691. The Balaban J connectivity index is 1.72. The van der Waals surface area contributed by atoms with Crippen LogP contribution in [-0.4, -0.2) is 29.1 Å². The summed E-state index contributed by atoms with van der Waals surface area (Å²) < 4.78 is 7.62. The Morgan fingerprint density at radius 3 is 2.85 bits per heavy atom. The number of methoxy groups -OCH3 is 1. The first-order chi connectivity index (χ1) is 12.6. The average molecular weight is 370 g/mol. The Bertz CT molecular complexity index is 982. The van der Waals surface area contributed by atoms with Crippen LogP contribution in [0.5, 0.6) is 5.75 Å². The monoisotopic (exact) mass is 369 g/mol. The molecule has 1 saturated heterocycles. The van der Waals surface area contributed by atoms with Crippen molar-refractivity contribution >= 4 is 34.2 Å². The molecule has 0 spiro atoms. The minimum atomic E-state index is 0.0403. The fourth-order valence-corrected chi connectivity index (χ4v) is 3.89. The zero-order valence-electron chi connectivity index (χ0n) is 14.8. The van der Waals surface area contributed by atoms with Gasteiger partial charge in [-0.3, -0.25) is 4.79 Å². The fraction of sp³-hybridized carbons (Fsp3) is 0.300. The van der Waals surface area contributed by atoms with E-state index in [-0.39, 0.29) is 11.8 Å². The number of aromatic nitrogens is 2. The van der Waals surface area contributed by atoms with Crippen LogP contribution in [0.4, 0.5) is 5.69 Å². The van der Waals surface area contributed by atoms with Crippen molar-refractivity contribution in [3.05, 3.63) is 53.3 Å². The van der Waals surface area contributed by atoms with E-state index in [4.69, 9.17) is 21.3 Å². The Kier molecular flexibility index (Phi) is 4.32. The summed E-state index contributed by atoms with van der Waals surface area (Å²) in [4.78, 5) is 19.3. The molecule has 1 atom stereocenters. The molecule has 1 fully saturated rings. The molecule has 134 valence electrons. The highest BCUT2D eigenvalue weighted by Crippen LogP contribution is 2.38. The molecular weight excluding hydrogens is 350 g/mol. The number of fused-ring (bicyclic) bond motifs is 1. The van der Waals surface area contributed by atoms with E-state index in [0.717, 1.165) is 23.4 Å². The molecule has 5 nitrogen and oxygen atoms in total. The van der Waals surface area contributed by atoms with Gasteiger partial charge in [0.15, 0.2) is 0 Å². The van der Waals surface area contributed by atoms with E-state index in [2.05, 4.69) is 17.6 Å². The van der Waals surface area contributed by atoms with Crippen LogP contribution >= 0.6 is 11.6 Å². The van der Waals surface area contributed by atoms with Gasteiger partial charge in [-0.2, -0.15) is 0 Å². The number of amides is 1. The Hall–Kier alpha value is -2.53. The predicted molar refractivity (Wildman–Crippen MR) is 103 cm³/mol. The predicted octanol–water partition coefficient (Wildman–Crippen LogP) is 4.24. The summed E-state index contributed by atoms with van der Waals surface area (Å²) in [5.74, 6) is 1.71. The number of hydrogen-bond acceptors (Lipinski definition) is 3. The van der Waals surface area contributed by atoms with Gasteiger partial charge in [-0.15, -0.1) is 0 Å². The van der Waals surface area contributed by atoms with Gasteiger partial charge in [-0.25, -0.2) is 4.98 Å². The van der Waals surface area contributed by atoms with Crippen molar-refractivity contribution in [2.45, 2.75) is 25.8 Å². The summed E-state index contributed by atoms with van der Waals surface area (Å²) in [6, 6.07) is 13.4. The van der Waals surface area contributed by atoms with Crippen LogP contribution in [0.1, 0.15) is 25.1 Å². The lowest BCUT2D eigenvalue weighted by atomic mass is 10.1. The smallest absolute Gasteiger partial charge is 0.227 e. The topological polar surface area (TPSA) is 47.4 Å². The molecule has 1 amide bonds. The van der Waals surface area contributed by atoms with Gasteiger partial charge in [0.25, 0.3) is 0 Å². The largest absolute Gasteiger partial charge is 0.495 e.